The molecule has 3 aromatic rings. The summed E-state index contributed by atoms with van der Waals surface area (Å²) in [5.41, 5.74) is 3.01. The van der Waals surface area contributed by atoms with Crippen molar-refractivity contribution >= 4 is 5.97 Å². The number of hydrogen-bond acceptors (Lipinski definition) is 2. The second-order valence-corrected chi connectivity index (χ2v) is 6.24. The quantitative estimate of drug-likeness (QED) is 0.642. The van der Waals surface area contributed by atoms with Crippen LogP contribution in [-0.4, -0.2) is 17.7 Å². The number of rotatable bonds is 8. The molecule has 0 radical (unpaired) electrons. The topological polar surface area (TPSA) is 46.5 Å². The lowest BCUT2D eigenvalue weighted by atomic mass is 9.92. The molecule has 0 aliphatic rings. The molecule has 3 rings (SSSR count). The summed E-state index contributed by atoms with van der Waals surface area (Å²) in [6.45, 7) is 0.592. The molecule has 0 aromatic heterocycles. The van der Waals surface area contributed by atoms with Gasteiger partial charge >= 0.3 is 5.97 Å². The van der Waals surface area contributed by atoms with Gasteiger partial charge < -0.3 is 9.84 Å². The molecule has 0 bridgehead atoms. The van der Waals surface area contributed by atoms with Crippen LogP contribution in [0.15, 0.2) is 84.9 Å². The molecule has 0 heterocycles. The number of ether oxygens (including phenoxy) is 1. The molecular formula is C23H22O3. The van der Waals surface area contributed by atoms with Crippen molar-refractivity contribution in [2.45, 2.75) is 18.8 Å². The Hall–Kier alpha value is -3.07. The summed E-state index contributed by atoms with van der Waals surface area (Å²) in [5, 5.41) is 9.59. The van der Waals surface area contributed by atoms with Crippen molar-refractivity contribution in [2.24, 2.45) is 0 Å². The van der Waals surface area contributed by atoms with Crippen molar-refractivity contribution in [3.8, 4) is 5.75 Å². The molecule has 3 nitrogen and oxygen atoms in total. The van der Waals surface area contributed by atoms with Crippen LogP contribution in [0.4, 0.5) is 0 Å². The Labute approximate surface area is 153 Å². The van der Waals surface area contributed by atoms with Gasteiger partial charge in [0, 0.05) is 6.42 Å². The van der Waals surface area contributed by atoms with Gasteiger partial charge in [-0.2, -0.15) is 0 Å². The second kappa shape index (κ2) is 8.86. The van der Waals surface area contributed by atoms with E-state index in [1.54, 1.807) is 0 Å². The van der Waals surface area contributed by atoms with E-state index in [0.717, 1.165) is 23.3 Å². The first-order valence-electron chi connectivity index (χ1n) is 8.76. The van der Waals surface area contributed by atoms with Crippen LogP contribution in [0.25, 0.3) is 0 Å². The number of benzene rings is 3. The van der Waals surface area contributed by atoms with E-state index in [0.29, 0.717) is 13.0 Å². The van der Waals surface area contributed by atoms with E-state index >= 15 is 0 Å². The molecule has 0 spiro atoms. The number of aliphatic carboxylic acids is 1. The Morgan fingerprint density at radius 2 is 1.50 bits per heavy atom. The first-order chi connectivity index (χ1) is 12.7. The van der Waals surface area contributed by atoms with E-state index in [9.17, 15) is 9.90 Å². The minimum atomic E-state index is -0.813. The summed E-state index contributed by atoms with van der Waals surface area (Å²) in [6, 6.07) is 27.3. The molecule has 1 N–H and O–H groups in total. The van der Waals surface area contributed by atoms with Gasteiger partial charge in [-0.05, 0) is 35.2 Å². The fraction of sp³-hybridized carbons (Fsp3) is 0.174. The third kappa shape index (κ3) is 4.96. The lowest BCUT2D eigenvalue weighted by Gasteiger charge is -2.14. The maximum Gasteiger partial charge on any atom is 0.311 e. The highest BCUT2D eigenvalue weighted by molar-refractivity contribution is 5.76. The van der Waals surface area contributed by atoms with Crippen LogP contribution in [0.5, 0.6) is 5.75 Å². The Bertz CT molecular complexity index is 828. The van der Waals surface area contributed by atoms with Gasteiger partial charge in [-0.3, -0.25) is 4.79 Å². The number of hydrogen-bond donors (Lipinski definition) is 1. The van der Waals surface area contributed by atoms with Gasteiger partial charge in [0.15, 0.2) is 0 Å². The zero-order valence-corrected chi connectivity index (χ0v) is 14.5. The number of carbonyl (C=O) groups is 1. The average Bonchev–Trinajstić information content (AvgIpc) is 2.68. The zero-order chi connectivity index (χ0) is 18.2. The highest BCUT2D eigenvalue weighted by atomic mass is 16.5. The number of carboxylic acids is 1. The third-order valence-corrected chi connectivity index (χ3v) is 4.34. The Morgan fingerprint density at radius 3 is 2.19 bits per heavy atom. The van der Waals surface area contributed by atoms with Gasteiger partial charge in [-0.25, -0.2) is 0 Å². The molecule has 0 amide bonds. The van der Waals surface area contributed by atoms with Crippen LogP contribution in [0.3, 0.4) is 0 Å². The van der Waals surface area contributed by atoms with Gasteiger partial charge in [-0.1, -0.05) is 72.8 Å². The average molecular weight is 346 g/mol. The molecule has 1 atom stereocenters. The molecule has 132 valence electrons. The van der Waals surface area contributed by atoms with Crippen LogP contribution in [-0.2, 0) is 17.6 Å². The Kier molecular flexibility index (Phi) is 6.05. The maximum atomic E-state index is 11.7. The Balaban J connectivity index is 1.63. The molecule has 1 unspecified atom stereocenters. The van der Waals surface area contributed by atoms with Gasteiger partial charge in [0.2, 0.25) is 0 Å². The van der Waals surface area contributed by atoms with Gasteiger partial charge in [0.1, 0.15) is 5.75 Å². The zero-order valence-electron chi connectivity index (χ0n) is 14.5. The van der Waals surface area contributed by atoms with Crippen molar-refractivity contribution in [1.29, 1.82) is 0 Å². The van der Waals surface area contributed by atoms with Crippen LogP contribution >= 0.6 is 0 Å². The SMILES string of the molecule is O=C(O)C(Cc1cccc(OCCc2ccccc2)c1)c1ccccc1. The molecule has 0 saturated heterocycles. The van der Waals surface area contributed by atoms with Crippen molar-refractivity contribution in [1.82, 2.24) is 0 Å². The van der Waals surface area contributed by atoms with Gasteiger partial charge in [0.25, 0.3) is 0 Å². The van der Waals surface area contributed by atoms with E-state index in [1.807, 2.05) is 72.8 Å². The maximum absolute atomic E-state index is 11.7. The standard InChI is InChI=1S/C23H22O3/c24-23(25)22(20-11-5-2-6-12-20)17-19-10-7-13-21(16-19)26-15-14-18-8-3-1-4-9-18/h1-13,16,22H,14-15,17H2,(H,24,25). The summed E-state index contributed by atoms with van der Waals surface area (Å²) in [6.07, 6.45) is 1.28. The van der Waals surface area contributed by atoms with Crippen LogP contribution in [0, 0.1) is 0 Å². The lowest BCUT2D eigenvalue weighted by molar-refractivity contribution is -0.138. The van der Waals surface area contributed by atoms with Crippen molar-refractivity contribution in [2.75, 3.05) is 6.61 Å². The summed E-state index contributed by atoms with van der Waals surface area (Å²) in [5.74, 6) is -0.599. The predicted molar refractivity (Wildman–Crippen MR) is 103 cm³/mol. The molecule has 0 saturated carbocycles. The molecule has 3 aromatic carbocycles. The molecule has 3 heteroatoms. The molecule has 0 fully saturated rings. The molecular weight excluding hydrogens is 324 g/mol. The first kappa shape index (κ1) is 17.7. The molecule has 0 aliphatic carbocycles. The van der Waals surface area contributed by atoms with Gasteiger partial charge in [0.05, 0.1) is 12.5 Å². The fourth-order valence-electron chi connectivity index (χ4n) is 2.96. The van der Waals surface area contributed by atoms with Crippen LogP contribution in [0.1, 0.15) is 22.6 Å². The van der Waals surface area contributed by atoms with Gasteiger partial charge in [-0.15, -0.1) is 0 Å². The summed E-state index contributed by atoms with van der Waals surface area (Å²) in [7, 11) is 0. The van der Waals surface area contributed by atoms with E-state index in [-0.39, 0.29) is 0 Å². The largest absolute Gasteiger partial charge is 0.493 e. The van der Waals surface area contributed by atoms with E-state index in [4.69, 9.17) is 4.74 Å². The lowest BCUT2D eigenvalue weighted by Crippen LogP contribution is -2.14. The highest BCUT2D eigenvalue weighted by Crippen LogP contribution is 2.23. The van der Waals surface area contributed by atoms with Crippen LogP contribution < -0.4 is 4.74 Å². The smallest absolute Gasteiger partial charge is 0.311 e. The third-order valence-electron chi connectivity index (χ3n) is 4.34. The fourth-order valence-corrected chi connectivity index (χ4v) is 2.96. The predicted octanol–water partition coefficient (Wildman–Crippen LogP) is 4.72. The highest BCUT2D eigenvalue weighted by Gasteiger charge is 2.20. The normalized spacial score (nSPS) is 11.7. The monoisotopic (exact) mass is 346 g/mol. The van der Waals surface area contributed by atoms with E-state index in [2.05, 4.69) is 12.1 Å². The van der Waals surface area contributed by atoms with E-state index < -0.39 is 11.9 Å². The van der Waals surface area contributed by atoms with Crippen molar-refractivity contribution in [3.05, 3.63) is 102 Å². The summed E-state index contributed by atoms with van der Waals surface area (Å²) >= 11 is 0. The minimum absolute atomic E-state index is 0.440. The first-order valence-corrected chi connectivity index (χ1v) is 8.76. The number of carboxylic acid groups (broad SMARTS) is 1. The summed E-state index contributed by atoms with van der Waals surface area (Å²) in [4.78, 5) is 11.7. The van der Waals surface area contributed by atoms with Crippen molar-refractivity contribution in [3.63, 3.8) is 0 Å². The molecule has 0 aliphatic heterocycles. The van der Waals surface area contributed by atoms with E-state index in [1.165, 1.54) is 5.56 Å². The van der Waals surface area contributed by atoms with Crippen molar-refractivity contribution < 1.29 is 14.6 Å². The van der Waals surface area contributed by atoms with Crippen LogP contribution in [0.2, 0.25) is 0 Å². The second-order valence-electron chi connectivity index (χ2n) is 6.24. The minimum Gasteiger partial charge on any atom is -0.493 e. The Morgan fingerprint density at radius 1 is 0.846 bits per heavy atom. The molecule has 26 heavy (non-hydrogen) atoms. The summed E-state index contributed by atoms with van der Waals surface area (Å²) < 4.78 is 5.85.